The van der Waals surface area contributed by atoms with Crippen LogP contribution in [0, 0.1) is 0 Å². The van der Waals surface area contributed by atoms with Crippen molar-refractivity contribution >= 4 is 6.08 Å². The molecule has 0 unspecified atom stereocenters. The van der Waals surface area contributed by atoms with E-state index in [2.05, 4.69) is 0 Å². The van der Waals surface area contributed by atoms with Crippen LogP contribution >= 0.6 is 0 Å². The average Bonchev–Trinajstić information content (AvgIpc) is 2.56. The number of phenolic OH excluding ortho intramolecular Hbond substituents is 2. The van der Waals surface area contributed by atoms with Crippen molar-refractivity contribution in [1.82, 2.24) is 0 Å². The minimum Gasteiger partial charge on any atom is -0.504 e. The Morgan fingerprint density at radius 3 is 2.48 bits per heavy atom. The predicted molar refractivity (Wildman–Crippen MR) is 91.3 cm³/mol. The fourth-order valence-corrected chi connectivity index (χ4v) is 2.28. The van der Waals surface area contributed by atoms with Crippen LogP contribution in [0.1, 0.15) is 24.5 Å². The first-order chi connectivity index (χ1) is 11.1. The van der Waals surface area contributed by atoms with Crippen molar-refractivity contribution in [3.63, 3.8) is 0 Å². The summed E-state index contributed by atoms with van der Waals surface area (Å²) in [4.78, 5) is 0. The van der Waals surface area contributed by atoms with Gasteiger partial charge in [0.1, 0.15) is 0 Å². The maximum atomic E-state index is 9.82. The lowest BCUT2D eigenvalue weighted by atomic mass is 10.1. The summed E-state index contributed by atoms with van der Waals surface area (Å²) in [6, 6.07) is 10.6. The molecule has 0 spiro atoms. The van der Waals surface area contributed by atoms with Crippen molar-refractivity contribution in [2.24, 2.45) is 0 Å². The van der Waals surface area contributed by atoms with Gasteiger partial charge in [-0.05, 0) is 55.2 Å². The summed E-state index contributed by atoms with van der Waals surface area (Å²) in [6.07, 6.45) is 5.48. The number of methoxy groups -OCH3 is 1. The molecule has 0 saturated carbocycles. The average molecular weight is 314 g/mol. The molecule has 122 valence electrons. The quantitative estimate of drug-likeness (QED) is 0.754. The minimum atomic E-state index is 0.137. The van der Waals surface area contributed by atoms with Gasteiger partial charge in [0, 0.05) is 0 Å². The van der Waals surface area contributed by atoms with E-state index in [0.717, 1.165) is 24.0 Å². The van der Waals surface area contributed by atoms with Gasteiger partial charge < -0.3 is 19.7 Å². The van der Waals surface area contributed by atoms with Crippen molar-refractivity contribution in [3.05, 3.63) is 53.6 Å². The molecular formula is C19H22O4. The molecule has 0 aliphatic carbocycles. The summed E-state index contributed by atoms with van der Waals surface area (Å²) in [7, 11) is 1.53. The highest BCUT2D eigenvalue weighted by Gasteiger charge is 2.05. The highest BCUT2D eigenvalue weighted by atomic mass is 16.5. The molecule has 4 nitrogen and oxygen atoms in total. The van der Waals surface area contributed by atoms with E-state index in [-0.39, 0.29) is 11.5 Å². The van der Waals surface area contributed by atoms with Crippen molar-refractivity contribution in [2.45, 2.75) is 19.8 Å². The molecule has 0 bridgehead atoms. The molecule has 0 aliphatic heterocycles. The van der Waals surface area contributed by atoms with Gasteiger partial charge in [-0.3, -0.25) is 0 Å². The maximum absolute atomic E-state index is 9.82. The number of aromatic hydroxyl groups is 2. The second-order valence-electron chi connectivity index (χ2n) is 5.19. The lowest BCUT2D eigenvalue weighted by Crippen LogP contribution is -2.00. The first-order valence-corrected chi connectivity index (χ1v) is 7.58. The summed E-state index contributed by atoms with van der Waals surface area (Å²) in [5, 5.41) is 19.4. The molecule has 0 radical (unpaired) electrons. The van der Waals surface area contributed by atoms with E-state index in [1.54, 1.807) is 12.1 Å². The fourth-order valence-electron chi connectivity index (χ4n) is 2.28. The molecule has 2 aromatic rings. The highest BCUT2D eigenvalue weighted by molar-refractivity contribution is 5.55. The van der Waals surface area contributed by atoms with E-state index < -0.39 is 0 Å². The monoisotopic (exact) mass is 314 g/mol. The summed E-state index contributed by atoms with van der Waals surface area (Å²) in [5.74, 6) is 1.24. The number of phenols is 2. The van der Waals surface area contributed by atoms with Gasteiger partial charge in [0.15, 0.2) is 23.0 Å². The van der Waals surface area contributed by atoms with Gasteiger partial charge in [0.05, 0.1) is 13.7 Å². The number of ether oxygens (including phenoxy) is 2. The second kappa shape index (κ2) is 8.13. The zero-order valence-electron chi connectivity index (χ0n) is 13.5. The van der Waals surface area contributed by atoms with E-state index in [9.17, 15) is 10.2 Å². The summed E-state index contributed by atoms with van der Waals surface area (Å²) in [5.41, 5.74) is 2.05. The summed E-state index contributed by atoms with van der Waals surface area (Å²) >= 11 is 0. The Bertz CT molecular complexity index is 677. The lowest BCUT2D eigenvalue weighted by Gasteiger charge is -2.10. The summed E-state index contributed by atoms with van der Waals surface area (Å²) < 4.78 is 10.8. The molecule has 0 atom stereocenters. The molecule has 0 saturated heterocycles. The number of allylic oxidation sites excluding steroid dienone is 1. The van der Waals surface area contributed by atoms with E-state index in [0.29, 0.717) is 18.1 Å². The van der Waals surface area contributed by atoms with Crippen LogP contribution in [0.15, 0.2) is 42.5 Å². The molecule has 0 aromatic heterocycles. The largest absolute Gasteiger partial charge is 0.504 e. The standard InChI is InChI=1S/C19H22O4/c1-3-5-14-7-10-17(21)19(13-14)23-11-4-6-15-8-9-16(20)18(12-15)22-2/h3,5,7-10,12-13,20-21H,4,6,11H2,1-2H3/b5-3+. The van der Waals surface area contributed by atoms with Crippen LogP contribution in [0.2, 0.25) is 0 Å². The number of benzene rings is 2. The van der Waals surface area contributed by atoms with E-state index >= 15 is 0 Å². The Kier molecular flexibility index (Phi) is 5.92. The third-order valence-corrected chi connectivity index (χ3v) is 3.45. The van der Waals surface area contributed by atoms with Crippen LogP contribution in [0.4, 0.5) is 0 Å². The third kappa shape index (κ3) is 4.68. The second-order valence-corrected chi connectivity index (χ2v) is 5.19. The van der Waals surface area contributed by atoms with Gasteiger partial charge in [-0.25, -0.2) is 0 Å². The van der Waals surface area contributed by atoms with E-state index in [4.69, 9.17) is 9.47 Å². The molecule has 0 amide bonds. The van der Waals surface area contributed by atoms with Crippen molar-refractivity contribution < 1.29 is 19.7 Å². The van der Waals surface area contributed by atoms with Crippen molar-refractivity contribution in [2.75, 3.05) is 13.7 Å². The van der Waals surface area contributed by atoms with Gasteiger partial charge >= 0.3 is 0 Å². The normalized spacial score (nSPS) is 10.9. The first kappa shape index (κ1) is 16.7. The zero-order chi connectivity index (χ0) is 16.7. The van der Waals surface area contributed by atoms with Crippen LogP contribution in [-0.4, -0.2) is 23.9 Å². The Labute approximate surface area is 136 Å². The lowest BCUT2D eigenvalue weighted by molar-refractivity contribution is 0.294. The SMILES string of the molecule is C/C=C/c1ccc(O)c(OCCCc2ccc(O)c(OC)c2)c1. The van der Waals surface area contributed by atoms with Gasteiger partial charge in [0.2, 0.25) is 0 Å². The van der Waals surface area contributed by atoms with Crippen molar-refractivity contribution in [1.29, 1.82) is 0 Å². The highest BCUT2D eigenvalue weighted by Crippen LogP contribution is 2.28. The Morgan fingerprint density at radius 2 is 1.74 bits per heavy atom. The molecule has 0 aliphatic rings. The molecule has 2 aromatic carbocycles. The molecule has 0 heterocycles. The Hall–Kier alpha value is -2.62. The summed E-state index contributed by atoms with van der Waals surface area (Å²) in [6.45, 7) is 2.44. The maximum Gasteiger partial charge on any atom is 0.161 e. The van der Waals surface area contributed by atoms with Gasteiger partial charge in [-0.1, -0.05) is 24.3 Å². The molecule has 23 heavy (non-hydrogen) atoms. The zero-order valence-corrected chi connectivity index (χ0v) is 13.5. The number of hydrogen-bond acceptors (Lipinski definition) is 4. The Balaban J connectivity index is 1.89. The van der Waals surface area contributed by atoms with Crippen LogP contribution in [0.5, 0.6) is 23.0 Å². The smallest absolute Gasteiger partial charge is 0.161 e. The van der Waals surface area contributed by atoms with Crippen LogP contribution in [0.3, 0.4) is 0 Å². The molecule has 4 heteroatoms. The molecule has 2 rings (SSSR count). The van der Waals surface area contributed by atoms with Crippen LogP contribution < -0.4 is 9.47 Å². The molecule has 2 N–H and O–H groups in total. The van der Waals surface area contributed by atoms with E-state index in [1.807, 2.05) is 43.3 Å². The van der Waals surface area contributed by atoms with E-state index in [1.165, 1.54) is 7.11 Å². The van der Waals surface area contributed by atoms with Gasteiger partial charge in [-0.15, -0.1) is 0 Å². The topological polar surface area (TPSA) is 58.9 Å². The van der Waals surface area contributed by atoms with Crippen molar-refractivity contribution in [3.8, 4) is 23.0 Å². The number of aryl methyl sites for hydroxylation is 1. The van der Waals surface area contributed by atoms with Crippen LogP contribution in [-0.2, 0) is 6.42 Å². The van der Waals surface area contributed by atoms with Crippen LogP contribution in [0.25, 0.3) is 6.08 Å². The molecular weight excluding hydrogens is 292 g/mol. The third-order valence-electron chi connectivity index (χ3n) is 3.45. The Morgan fingerprint density at radius 1 is 1.00 bits per heavy atom. The fraction of sp³-hybridized carbons (Fsp3) is 0.263. The minimum absolute atomic E-state index is 0.137. The predicted octanol–water partition coefficient (Wildman–Crippen LogP) is 4.15. The number of rotatable bonds is 7. The van der Waals surface area contributed by atoms with Gasteiger partial charge in [0.25, 0.3) is 0 Å². The molecule has 0 fully saturated rings. The first-order valence-electron chi connectivity index (χ1n) is 7.58. The van der Waals surface area contributed by atoms with Gasteiger partial charge in [-0.2, -0.15) is 0 Å². The number of hydrogen-bond donors (Lipinski definition) is 2.